The molecule has 1 saturated carbocycles. The average Bonchev–Trinajstić information content (AvgIpc) is 2.62. The van der Waals surface area contributed by atoms with Gasteiger partial charge in [0.15, 0.2) is 0 Å². The predicted molar refractivity (Wildman–Crippen MR) is 104 cm³/mol. The standard InChI is InChI=1S/C18H24N4O3.ClH/c1-2-22-17(24)13-8-7-11(9-15(13)21-18(22)25)16(23)20-14-6-4-3-5-12(14)10-19;/h7-9,12,14H,2-6,10,19H2,1H3,(H,20,23)(H,21,25);1H. The number of carbonyl (C=O) groups excluding carboxylic acids is 1. The number of aromatic amines is 1. The van der Waals surface area contributed by atoms with Crippen LogP contribution in [0.3, 0.4) is 0 Å². The number of benzene rings is 1. The third kappa shape index (κ3) is 3.83. The number of nitrogens with zero attached hydrogens (tertiary/aromatic N) is 1. The number of aromatic nitrogens is 2. The van der Waals surface area contributed by atoms with Crippen LogP contribution in [0.25, 0.3) is 10.9 Å². The molecule has 2 unspecified atom stereocenters. The Kier molecular flexibility index (Phi) is 6.61. The van der Waals surface area contributed by atoms with Gasteiger partial charge in [0, 0.05) is 18.2 Å². The minimum Gasteiger partial charge on any atom is -0.349 e. The number of hydrogen-bond acceptors (Lipinski definition) is 4. The number of fused-ring (bicyclic) bond motifs is 1. The van der Waals surface area contributed by atoms with Crippen LogP contribution < -0.4 is 22.3 Å². The van der Waals surface area contributed by atoms with Crippen LogP contribution in [0.1, 0.15) is 43.0 Å². The Morgan fingerprint density at radius 1 is 1.31 bits per heavy atom. The zero-order valence-corrected chi connectivity index (χ0v) is 15.6. The topological polar surface area (TPSA) is 110 Å². The second kappa shape index (κ2) is 8.51. The molecule has 26 heavy (non-hydrogen) atoms. The van der Waals surface area contributed by atoms with Gasteiger partial charge in [-0.25, -0.2) is 4.79 Å². The first-order valence-corrected chi connectivity index (χ1v) is 8.83. The van der Waals surface area contributed by atoms with Crippen molar-refractivity contribution in [1.82, 2.24) is 14.9 Å². The molecule has 3 rings (SSSR count). The quantitative estimate of drug-likeness (QED) is 0.744. The highest BCUT2D eigenvalue weighted by atomic mass is 35.5. The molecular weight excluding hydrogens is 356 g/mol. The predicted octanol–water partition coefficient (Wildman–Crippen LogP) is 1.38. The molecule has 0 bridgehead atoms. The highest BCUT2D eigenvalue weighted by molar-refractivity contribution is 5.97. The Labute approximate surface area is 157 Å². The third-order valence-corrected chi connectivity index (χ3v) is 5.09. The minimum absolute atomic E-state index is 0. The number of nitrogens with one attached hydrogen (secondary N) is 2. The maximum absolute atomic E-state index is 12.6. The number of carbonyl (C=O) groups is 1. The van der Waals surface area contributed by atoms with Gasteiger partial charge >= 0.3 is 5.69 Å². The van der Waals surface area contributed by atoms with Gasteiger partial charge in [-0.15, -0.1) is 12.4 Å². The first-order valence-electron chi connectivity index (χ1n) is 8.83. The van der Waals surface area contributed by atoms with Crippen LogP contribution >= 0.6 is 12.4 Å². The van der Waals surface area contributed by atoms with E-state index in [1.807, 2.05) is 0 Å². The van der Waals surface area contributed by atoms with E-state index in [0.29, 0.717) is 35.5 Å². The molecule has 1 fully saturated rings. The van der Waals surface area contributed by atoms with Crippen molar-refractivity contribution in [3.8, 4) is 0 Å². The summed E-state index contributed by atoms with van der Waals surface area (Å²) in [4.78, 5) is 39.5. The minimum atomic E-state index is -0.465. The maximum Gasteiger partial charge on any atom is 0.328 e. The van der Waals surface area contributed by atoms with Gasteiger partial charge in [0.2, 0.25) is 0 Å². The molecule has 2 atom stereocenters. The van der Waals surface area contributed by atoms with Crippen molar-refractivity contribution in [1.29, 1.82) is 0 Å². The van der Waals surface area contributed by atoms with Gasteiger partial charge in [-0.3, -0.25) is 14.2 Å². The summed E-state index contributed by atoms with van der Waals surface area (Å²) < 4.78 is 1.13. The second-order valence-electron chi connectivity index (χ2n) is 6.60. The summed E-state index contributed by atoms with van der Waals surface area (Å²) in [6.07, 6.45) is 4.19. The highest BCUT2D eigenvalue weighted by Crippen LogP contribution is 2.24. The van der Waals surface area contributed by atoms with Gasteiger partial charge in [0.25, 0.3) is 11.5 Å². The fourth-order valence-corrected chi connectivity index (χ4v) is 3.61. The SMILES string of the molecule is CCn1c(=O)[nH]c2cc(C(=O)NC3CCCCC3CN)ccc2c1=O.Cl. The molecule has 1 aliphatic rings. The Morgan fingerprint density at radius 3 is 2.73 bits per heavy atom. The third-order valence-electron chi connectivity index (χ3n) is 5.09. The summed E-state index contributed by atoms with van der Waals surface area (Å²) in [6, 6.07) is 4.86. The van der Waals surface area contributed by atoms with Crippen LogP contribution in [-0.4, -0.2) is 28.0 Å². The number of hydrogen-bond donors (Lipinski definition) is 3. The Hall–Kier alpha value is -2.12. The van der Waals surface area contributed by atoms with Gasteiger partial charge in [-0.1, -0.05) is 12.8 Å². The molecular formula is C18H25ClN4O3. The number of halogens is 1. The van der Waals surface area contributed by atoms with Crippen LogP contribution in [0, 0.1) is 5.92 Å². The lowest BCUT2D eigenvalue weighted by Crippen LogP contribution is -2.44. The number of nitrogens with two attached hydrogens (primary N) is 1. The van der Waals surface area contributed by atoms with Crippen LogP contribution in [0.4, 0.5) is 0 Å². The average molecular weight is 381 g/mol. The van der Waals surface area contributed by atoms with Gasteiger partial charge in [-0.2, -0.15) is 0 Å². The summed E-state index contributed by atoms with van der Waals surface area (Å²) in [5.41, 5.74) is 5.82. The van der Waals surface area contributed by atoms with Crippen molar-refractivity contribution >= 4 is 29.2 Å². The summed E-state index contributed by atoms with van der Waals surface area (Å²) in [6.45, 7) is 2.60. The molecule has 0 aliphatic heterocycles. The molecule has 1 amide bonds. The Balaban J connectivity index is 0.00000243. The van der Waals surface area contributed by atoms with Crippen LogP contribution in [0.2, 0.25) is 0 Å². The van der Waals surface area contributed by atoms with E-state index >= 15 is 0 Å². The number of amides is 1. The molecule has 7 nitrogen and oxygen atoms in total. The van der Waals surface area contributed by atoms with Crippen molar-refractivity contribution in [3.05, 3.63) is 44.6 Å². The van der Waals surface area contributed by atoms with Crippen molar-refractivity contribution < 1.29 is 4.79 Å². The van der Waals surface area contributed by atoms with Crippen LogP contribution in [0.5, 0.6) is 0 Å². The zero-order valence-electron chi connectivity index (χ0n) is 14.8. The van der Waals surface area contributed by atoms with E-state index in [1.54, 1.807) is 25.1 Å². The van der Waals surface area contributed by atoms with E-state index in [0.717, 1.165) is 30.3 Å². The largest absolute Gasteiger partial charge is 0.349 e. The second-order valence-corrected chi connectivity index (χ2v) is 6.60. The molecule has 0 radical (unpaired) electrons. The fourth-order valence-electron chi connectivity index (χ4n) is 3.61. The zero-order chi connectivity index (χ0) is 18.0. The Morgan fingerprint density at radius 2 is 2.04 bits per heavy atom. The van der Waals surface area contributed by atoms with Gasteiger partial charge in [0.1, 0.15) is 0 Å². The number of rotatable bonds is 4. The van der Waals surface area contributed by atoms with E-state index in [1.165, 1.54) is 0 Å². The van der Waals surface area contributed by atoms with Gasteiger partial charge in [-0.05, 0) is 50.4 Å². The molecule has 4 N–H and O–H groups in total. The number of H-pyrrole nitrogens is 1. The van der Waals surface area contributed by atoms with Crippen molar-refractivity contribution in [2.75, 3.05) is 6.54 Å². The monoisotopic (exact) mass is 380 g/mol. The van der Waals surface area contributed by atoms with Crippen molar-refractivity contribution in [3.63, 3.8) is 0 Å². The fraction of sp³-hybridized carbons (Fsp3) is 0.500. The van der Waals surface area contributed by atoms with E-state index in [2.05, 4.69) is 10.3 Å². The van der Waals surface area contributed by atoms with Gasteiger partial charge in [0.05, 0.1) is 10.9 Å². The normalized spacial score (nSPS) is 19.8. The van der Waals surface area contributed by atoms with Crippen LogP contribution in [-0.2, 0) is 6.54 Å². The molecule has 0 spiro atoms. The van der Waals surface area contributed by atoms with E-state index in [-0.39, 0.29) is 29.9 Å². The first-order chi connectivity index (χ1) is 12.0. The van der Waals surface area contributed by atoms with E-state index < -0.39 is 5.69 Å². The summed E-state index contributed by atoms with van der Waals surface area (Å²) in [5, 5.41) is 3.46. The lowest BCUT2D eigenvalue weighted by atomic mass is 9.84. The van der Waals surface area contributed by atoms with Gasteiger partial charge < -0.3 is 16.0 Å². The summed E-state index contributed by atoms with van der Waals surface area (Å²) in [7, 11) is 0. The molecule has 0 saturated heterocycles. The smallest absolute Gasteiger partial charge is 0.328 e. The lowest BCUT2D eigenvalue weighted by Gasteiger charge is -2.31. The highest BCUT2D eigenvalue weighted by Gasteiger charge is 2.25. The van der Waals surface area contributed by atoms with E-state index in [9.17, 15) is 14.4 Å². The van der Waals surface area contributed by atoms with Crippen LogP contribution in [0.15, 0.2) is 27.8 Å². The Bertz CT molecular complexity index is 905. The first kappa shape index (κ1) is 20.2. The lowest BCUT2D eigenvalue weighted by molar-refractivity contribution is 0.0908. The van der Waals surface area contributed by atoms with E-state index in [4.69, 9.17) is 5.73 Å². The molecule has 2 aromatic rings. The van der Waals surface area contributed by atoms with Crippen molar-refractivity contribution in [2.45, 2.75) is 45.2 Å². The molecule has 1 aromatic heterocycles. The molecule has 1 aromatic carbocycles. The summed E-state index contributed by atoms with van der Waals surface area (Å²) >= 11 is 0. The molecule has 8 heteroatoms. The molecule has 1 aliphatic carbocycles. The molecule has 1 heterocycles. The summed E-state index contributed by atoms with van der Waals surface area (Å²) in [5.74, 6) is 0.0995. The molecule has 142 valence electrons. The maximum atomic E-state index is 12.6. The van der Waals surface area contributed by atoms with Crippen molar-refractivity contribution in [2.24, 2.45) is 11.7 Å².